The van der Waals surface area contributed by atoms with Crippen molar-refractivity contribution < 1.29 is 4.39 Å². The number of aromatic nitrogens is 3. The van der Waals surface area contributed by atoms with Crippen molar-refractivity contribution in [1.29, 1.82) is 0 Å². The van der Waals surface area contributed by atoms with E-state index < -0.39 is 0 Å². The van der Waals surface area contributed by atoms with E-state index >= 15 is 0 Å². The maximum Gasteiger partial charge on any atom is 0.126 e. The van der Waals surface area contributed by atoms with Crippen LogP contribution in [0.2, 0.25) is 0 Å². The van der Waals surface area contributed by atoms with Gasteiger partial charge in [0.25, 0.3) is 0 Å². The fraction of sp³-hybridized carbons (Fsp3) is 0.273. The SMILES string of the molecule is CNC(c1ccc(F)c(C)c1)c1cn[nH]n1. The number of nitrogens with one attached hydrogen (secondary N) is 2. The summed E-state index contributed by atoms with van der Waals surface area (Å²) < 4.78 is 13.2. The molecule has 0 aliphatic carbocycles. The monoisotopic (exact) mass is 220 g/mol. The van der Waals surface area contributed by atoms with E-state index in [4.69, 9.17) is 0 Å². The Hall–Kier alpha value is -1.75. The third-order valence-electron chi connectivity index (χ3n) is 2.53. The van der Waals surface area contributed by atoms with Crippen molar-refractivity contribution in [1.82, 2.24) is 20.7 Å². The highest BCUT2D eigenvalue weighted by atomic mass is 19.1. The first-order chi connectivity index (χ1) is 7.72. The first kappa shape index (κ1) is 10.8. The van der Waals surface area contributed by atoms with E-state index in [1.807, 2.05) is 13.1 Å². The Morgan fingerprint density at radius 2 is 2.25 bits per heavy atom. The zero-order chi connectivity index (χ0) is 11.5. The number of benzene rings is 1. The third kappa shape index (κ3) is 1.94. The van der Waals surface area contributed by atoms with Crippen LogP contribution in [0.3, 0.4) is 0 Å². The van der Waals surface area contributed by atoms with Crippen LogP contribution in [-0.4, -0.2) is 22.5 Å². The summed E-state index contributed by atoms with van der Waals surface area (Å²) in [4.78, 5) is 0. The topological polar surface area (TPSA) is 53.6 Å². The molecule has 5 heteroatoms. The molecule has 1 aromatic carbocycles. The number of aryl methyl sites for hydroxylation is 1. The molecule has 0 amide bonds. The van der Waals surface area contributed by atoms with E-state index in [9.17, 15) is 4.39 Å². The van der Waals surface area contributed by atoms with Gasteiger partial charge in [-0.2, -0.15) is 15.4 Å². The summed E-state index contributed by atoms with van der Waals surface area (Å²) in [6, 6.07) is 4.95. The lowest BCUT2D eigenvalue weighted by Gasteiger charge is -2.14. The zero-order valence-corrected chi connectivity index (χ0v) is 9.16. The highest BCUT2D eigenvalue weighted by Crippen LogP contribution is 2.21. The maximum absolute atomic E-state index is 13.2. The average molecular weight is 220 g/mol. The minimum Gasteiger partial charge on any atom is -0.308 e. The maximum atomic E-state index is 13.2. The molecule has 0 fully saturated rings. The highest BCUT2D eigenvalue weighted by Gasteiger charge is 2.15. The molecule has 84 valence electrons. The molecular formula is C11H13FN4. The molecular weight excluding hydrogens is 207 g/mol. The second-order valence-electron chi connectivity index (χ2n) is 3.63. The Morgan fingerprint density at radius 3 is 2.81 bits per heavy atom. The van der Waals surface area contributed by atoms with Crippen molar-refractivity contribution in [3.05, 3.63) is 47.0 Å². The quantitative estimate of drug-likeness (QED) is 0.825. The fourth-order valence-corrected chi connectivity index (χ4v) is 1.68. The molecule has 0 saturated carbocycles. The predicted molar refractivity (Wildman–Crippen MR) is 58.4 cm³/mol. The van der Waals surface area contributed by atoms with Crippen molar-refractivity contribution in [2.45, 2.75) is 13.0 Å². The van der Waals surface area contributed by atoms with Gasteiger partial charge in [0.1, 0.15) is 11.5 Å². The molecule has 1 aromatic heterocycles. The number of H-pyrrole nitrogens is 1. The van der Waals surface area contributed by atoms with Gasteiger partial charge in [0.05, 0.1) is 12.2 Å². The van der Waals surface area contributed by atoms with Crippen LogP contribution in [0, 0.1) is 12.7 Å². The van der Waals surface area contributed by atoms with Gasteiger partial charge in [-0.15, -0.1) is 0 Å². The Kier molecular flexibility index (Phi) is 2.96. The lowest BCUT2D eigenvalue weighted by atomic mass is 10.0. The molecule has 2 rings (SSSR count). The van der Waals surface area contributed by atoms with Crippen molar-refractivity contribution in [2.75, 3.05) is 7.05 Å². The van der Waals surface area contributed by atoms with Gasteiger partial charge >= 0.3 is 0 Å². The molecule has 1 unspecified atom stereocenters. The van der Waals surface area contributed by atoms with Gasteiger partial charge in [0.2, 0.25) is 0 Å². The van der Waals surface area contributed by atoms with Crippen LogP contribution in [-0.2, 0) is 0 Å². The summed E-state index contributed by atoms with van der Waals surface area (Å²) in [7, 11) is 1.83. The number of rotatable bonds is 3. The highest BCUT2D eigenvalue weighted by molar-refractivity contribution is 5.30. The summed E-state index contributed by atoms with van der Waals surface area (Å²) in [6.45, 7) is 1.74. The van der Waals surface area contributed by atoms with E-state index in [0.29, 0.717) is 5.56 Å². The Labute approximate surface area is 92.9 Å². The van der Waals surface area contributed by atoms with E-state index in [2.05, 4.69) is 20.7 Å². The van der Waals surface area contributed by atoms with Crippen LogP contribution < -0.4 is 5.32 Å². The van der Waals surface area contributed by atoms with Crippen molar-refractivity contribution >= 4 is 0 Å². The van der Waals surface area contributed by atoms with Crippen LogP contribution in [0.5, 0.6) is 0 Å². The van der Waals surface area contributed by atoms with Crippen molar-refractivity contribution in [3.8, 4) is 0 Å². The molecule has 0 bridgehead atoms. The van der Waals surface area contributed by atoms with Crippen LogP contribution >= 0.6 is 0 Å². The standard InChI is InChI=1S/C11H13FN4/c1-7-5-8(3-4-9(7)12)11(13-2)10-6-14-16-15-10/h3-6,11,13H,1-2H3,(H,14,15,16). The van der Waals surface area contributed by atoms with Gasteiger partial charge in [0.15, 0.2) is 0 Å². The normalized spacial score (nSPS) is 12.7. The van der Waals surface area contributed by atoms with Gasteiger partial charge in [-0.1, -0.05) is 12.1 Å². The van der Waals surface area contributed by atoms with Gasteiger partial charge < -0.3 is 5.32 Å². The van der Waals surface area contributed by atoms with Crippen LogP contribution in [0.4, 0.5) is 4.39 Å². The van der Waals surface area contributed by atoms with Gasteiger partial charge in [-0.25, -0.2) is 4.39 Å². The lowest BCUT2D eigenvalue weighted by molar-refractivity contribution is 0.612. The minimum absolute atomic E-state index is 0.0713. The van der Waals surface area contributed by atoms with Crippen molar-refractivity contribution in [3.63, 3.8) is 0 Å². The Morgan fingerprint density at radius 1 is 1.44 bits per heavy atom. The largest absolute Gasteiger partial charge is 0.308 e. The molecule has 1 atom stereocenters. The molecule has 0 saturated heterocycles. The van der Waals surface area contributed by atoms with E-state index in [1.54, 1.807) is 19.2 Å². The minimum atomic E-state index is -0.196. The summed E-state index contributed by atoms with van der Waals surface area (Å²) in [5.41, 5.74) is 2.38. The van der Waals surface area contributed by atoms with Gasteiger partial charge in [-0.3, -0.25) is 0 Å². The van der Waals surface area contributed by atoms with E-state index in [0.717, 1.165) is 11.3 Å². The molecule has 2 N–H and O–H groups in total. The molecule has 16 heavy (non-hydrogen) atoms. The lowest BCUT2D eigenvalue weighted by Crippen LogP contribution is -2.18. The average Bonchev–Trinajstić information content (AvgIpc) is 2.78. The van der Waals surface area contributed by atoms with Crippen LogP contribution in [0.15, 0.2) is 24.4 Å². The Bertz CT molecular complexity index is 467. The predicted octanol–water partition coefficient (Wildman–Crippen LogP) is 1.56. The smallest absolute Gasteiger partial charge is 0.126 e. The number of aromatic amines is 1. The first-order valence-corrected chi connectivity index (χ1v) is 5.01. The van der Waals surface area contributed by atoms with Gasteiger partial charge in [0, 0.05) is 0 Å². The molecule has 0 radical (unpaired) electrons. The molecule has 4 nitrogen and oxygen atoms in total. The van der Waals surface area contributed by atoms with Gasteiger partial charge in [-0.05, 0) is 31.2 Å². The molecule has 1 heterocycles. The number of hydrogen-bond acceptors (Lipinski definition) is 3. The second-order valence-corrected chi connectivity index (χ2v) is 3.63. The number of hydrogen-bond donors (Lipinski definition) is 2. The summed E-state index contributed by atoms with van der Waals surface area (Å²) >= 11 is 0. The fourth-order valence-electron chi connectivity index (χ4n) is 1.68. The zero-order valence-electron chi connectivity index (χ0n) is 9.16. The number of nitrogens with zero attached hydrogens (tertiary/aromatic N) is 2. The summed E-state index contributed by atoms with van der Waals surface area (Å²) in [6.07, 6.45) is 1.65. The molecule has 2 aromatic rings. The van der Waals surface area contributed by atoms with E-state index in [1.165, 1.54) is 6.07 Å². The molecule has 0 aliphatic rings. The summed E-state index contributed by atoms with van der Waals surface area (Å²) in [5.74, 6) is -0.196. The number of halogens is 1. The van der Waals surface area contributed by atoms with Crippen LogP contribution in [0.25, 0.3) is 0 Å². The van der Waals surface area contributed by atoms with E-state index in [-0.39, 0.29) is 11.9 Å². The van der Waals surface area contributed by atoms with Crippen molar-refractivity contribution in [2.24, 2.45) is 0 Å². The first-order valence-electron chi connectivity index (χ1n) is 5.01. The van der Waals surface area contributed by atoms with Crippen LogP contribution in [0.1, 0.15) is 22.9 Å². The summed E-state index contributed by atoms with van der Waals surface area (Å²) in [5, 5.41) is 13.5. The molecule has 0 aliphatic heterocycles. The second kappa shape index (κ2) is 4.40. The molecule has 0 spiro atoms. The third-order valence-corrected chi connectivity index (χ3v) is 2.53. The Balaban J connectivity index is 2.37.